The molecule has 0 fully saturated rings. The van der Waals surface area contributed by atoms with Crippen molar-refractivity contribution in [1.82, 2.24) is 0 Å². The lowest BCUT2D eigenvalue weighted by atomic mass is 10.1. The predicted octanol–water partition coefficient (Wildman–Crippen LogP) is 3.11. The highest BCUT2D eigenvalue weighted by molar-refractivity contribution is 8.03. The van der Waals surface area contributed by atoms with Crippen LogP contribution in [-0.4, -0.2) is 5.75 Å². The van der Waals surface area contributed by atoms with E-state index in [0.717, 1.165) is 23.9 Å². The average Bonchev–Trinajstić information content (AvgIpc) is 2.18. The average molecular weight is 213 g/mol. The number of aryl methyl sites for hydroxylation is 1. The van der Waals surface area contributed by atoms with Crippen LogP contribution in [0.2, 0.25) is 0 Å². The van der Waals surface area contributed by atoms with E-state index in [4.69, 9.17) is 5.26 Å². The molecule has 0 spiro atoms. The van der Waals surface area contributed by atoms with Crippen LogP contribution in [0.1, 0.15) is 12.0 Å². The molecule has 4 heteroatoms. The second-order valence-electron chi connectivity index (χ2n) is 2.78. The van der Waals surface area contributed by atoms with Gasteiger partial charge >= 0.3 is 0 Å². The molecule has 1 nitrogen and oxygen atoms in total. The van der Waals surface area contributed by atoms with E-state index < -0.39 is 5.82 Å². The molecule has 0 heterocycles. The zero-order valence-electron chi connectivity index (χ0n) is 7.46. The van der Waals surface area contributed by atoms with Gasteiger partial charge in [-0.2, -0.15) is 5.26 Å². The minimum Gasteiger partial charge on any atom is -0.207 e. The van der Waals surface area contributed by atoms with Crippen LogP contribution < -0.4 is 0 Å². The fourth-order valence-electron chi connectivity index (χ4n) is 1.12. The SMILES string of the molecule is N#CSCCCc1cc(F)ccc1F. The lowest BCUT2D eigenvalue weighted by Crippen LogP contribution is -1.93. The number of rotatable bonds is 4. The van der Waals surface area contributed by atoms with E-state index in [1.807, 2.05) is 5.40 Å². The van der Waals surface area contributed by atoms with Gasteiger partial charge in [-0.1, -0.05) is 0 Å². The molecular formula is C10H9F2NS. The van der Waals surface area contributed by atoms with E-state index in [1.54, 1.807) is 0 Å². The molecule has 14 heavy (non-hydrogen) atoms. The van der Waals surface area contributed by atoms with E-state index in [0.29, 0.717) is 24.2 Å². The van der Waals surface area contributed by atoms with Crippen LogP contribution in [0.15, 0.2) is 18.2 Å². The van der Waals surface area contributed by atoms with Crippen LogP contribution >= 0.6 is 11.8 Å². The summed E-state index contributed by atoms with van der Waals surface area (Å²) in [5, 5.41) is 10.2. The molecule has 74 valence electrons. The maximum Gasteiger partial charge on any atom is 0.133 e. The maximum atomic E-state index is 13.0. The van der Waals surface area contributed by atoms with Crippen LogP contribution in [0.3, 0.4) is 0 Å². The fourth-order valence-corrected chi connectivity index (χ4v) is 1.50. The third-order valence-corrected chi connectivity index (χ3v) is 2.39. The van der Waals surface area contributed by atoms with Crippen molar-refractivity contribution in [2.75, 3.05) is 5.75 Å². The first-order chi connectivity index (χ1) is 6.74. The smallest absolute Gasteiger partial charge is 0.133 e. The monoisotopic (exact) mass is 213 g/mol. The van der Waals surface area contributed by atoms with Gasteiger partial charge in [0.25, 0.3) is 0 Å². The summed E-state index contributed by atoms with van der Waals surface area (Å²) in [4.78, 5) is 0. The van der Waals surface area contributed by atoms with Gasteiger partial charge in [0.15, 0.2) is 0 Å². The molecule has 1 rings (SSSR count). The van der Waals surface area contributed by atoms with Gasteiger partial charge in [-0.05, 0) is 48.4 Å². The Kier molecular flexibility index (Phi) is 4.41. The first kappa shape index (κ1) is 11.0. The van der Waals surface area contributed by atoms with Crippen LogP contribution in [0, 0.1) is 22.3 Å². The molecule has 0 aliphatic rings. The highest BCUT2D eigenvalue weighted by Gasteiger charge is 2.03. The number of halogens is 2. The van der Waals surface area contributed by atoms with Crippen molar-refractivity contribution in [3.05, 3.63) is 35.4 Å². The van der Waals surface area contributed by atoms with E-state index in [1.165, 1.54) is 6.07 Å². The molecule has 0 unspecified atom stereocenters. The van der Waals surface area contributed by atoms with Crippen LogP contribution in [0.5, 0.6) is 0 Å². The van der Waals surface area contributed by atoms with E-state index in [9.17, 15) is 8.78 Å². The first-order valence-electron chi connectivity index (χ1n) is 4.19. The summed E-state index contributed by atoms with van der Waals surface area (Å²) in [7, 11) is 0. The first-order valence-corrected chi connectivity index (χ1v) is 5.17. The Morgan fingerprint density at radius 2 is 2.14 bits per heavy atom. The molecule has 0 amide bonds. The Bertz CT molecular complexity index is 346. The number of hydrogen-bond acceptors (Lipinski definition) is 2. The molecule has 0 aliphatic heterocycles. The van der Waals surface area contributed by atoms with Crippen molar-refractivity contribution in [3.63, 3.8) is 0 Å². The Hall–Kier alpha value is -1.08. The van der Waals surface area contributed by atoms with Crippen molar-refractivity contribution >= 4 is 11.8 Å². The molecule has 1 aromatic rings. The summed E-state index contributed by atoms with van der Waals surface area (Å²) in [6, 6.07) is 3.43. The zero-order chi connectivity index (χ0) is 10.4. The number of thioether (sulfide) groups is 1. The lowest BCUT2D eigenvalue weighted by Gasteiger charge is -2.01. The Labute approximate surface area is 85.7 Å². The highest BCUT2D eigenvalue weighted by Crippen LogP contribution is 2.13. The van der Waals surface area contributed by atoms with Gasteiger partial charge < -0.3 is 0 Å². The third-order valence-electron chi connectivity index (χ3n) is 1.76. The molecule has 0 atom stereocenters. The highest BCUT2D eigenvalue weighted by atomic mass is 32.2. The van der Waals surface area contributed by atoms with Crippen molar-refractivity contribution in [1.29, 1.82) is 5.26 Å². The van der Waals surface area contributed by atoms with Crippen molar-refractivity contribution in [2.45, 2.75) is 12.8 Å². The molecule has 0 N–H and O–H groups in total. The van der Waals surface area contributed by atoms with Gasteiger partial charge in [0.2, 0.25) is 0 Å². The molecule has 0 aliphatic carbocycles. The second kappa shape index (κ2) is 5.61. The van der Waals surface area contributed by atoms with E-state index in [2.05, 4.69) is 0 Å². The topological polar surface area (TPSA) is 23.8 Å². The van der Waals surface area contributed by atoms with Gasteiger partial charge in [0, 0.05) is 5.75 Å². The summed E-state index contributed by atoms with van der Waals surface area (Å²) < 4.78 is 25.7. The second-order valence-corrected chi connectivity index (χ2v) is 3.66. The van der Waals surface area contributed by atoms with Gasteiger partial charge in [-0.3, -0.25) is 0 Å². The van der Waals surface area contributed by atoms with Gasteiger partial charge in [0.1, 0.15) is 17.0 Å². The molecule has 0 aromatic heterocycles. The van der Waals surface area contributed by atoms with Crippen LogP contribution in [0.25, 0.3) is 0 Å². The Balaban J connectivity index is 2.50. The molecule has 0 saturated heterocycles. The Morgan fingerprint density at radius 3 is 2.86 bits per heavy atom. The third kappa shape index (κ3) is 3.35. The summed E-state index contributed by atoms with van der Waals surface area (Å²) in [6.45, 7) is 0. The molecular weight excluding hydrogens is 204 g/mol. The van der Waals surface area contributed by atoms with Gasteiger partial charge in [-0.25, -0.2) is 8.78 Å². The van der Waals surface area contributed by atoms with Crippen molar-refractivity contribution in [3.8, 4) is 5.40 Å². The molecule has 0 saturated carbocycles. The van der Waals surface area contributed by atoms with Crippen molar-refractivity contribution < 1.29 is 8.78 Å². The van der Waals surface area contributed by atoms with Crippen LogP contribution in [0.4, 0.5) is 8.78 Å². The van der Waals surface area contributed by atoms with Gasteiger partial charge in [-0.15, -0.1) is 0 Å². The number of nitriles is 1. The maximum absolute atomic E-state index is 13.0. The zero-order valence-corrected chi connectivity index (χ0v) is 8.28. The fraction of sp³-hybridized carbons (Fsp3) is 0.300. The van der Waals surface area contributed by atoms with Crippen LogP contribution in [-0.2, 0) is 6.42 Å². The quantitative estimate of drug-likeness (QED) is 0.566. The number of thiocyanates is 1. The summed E-state index contributed by atoms with van der Waals surface area (Å²) >= 11 is 1.13. The summed E-state index contributed by atoms with van der Waals surface area (Å²) in [5.41, 5.74) is 0.378. The summed E-state index contributed by atoms with van der Waals surface area (Å²) in [6.07, 6.45) is 1.15. The largest absolute Gasteiger partial charge is 0.207 e. The number of nitrogens with zero attached hydrogens (tertiary/aromatic N) is 1. The lowest BCUT2D eigenvalue weighted by molar-refractivity contribution is 0.583. The predicted molar refractivity (Wildman–Crippen MR) is 52.8 cm³/mol. The standard InChI is InChI=1S/C10H9F2NS/c11-9-3-4-10(12)8(6-9)2-1-5-14-7-13/h3-4,6H,1-2,5H2. The Morgan fingerprint density at radius 1 is 1.36 bits per heavy atom. The normalized spacial score (nSPS) is 9.79. The summed E-state index contributed by atoms with van der Waals surface area (Å²) in [5.74, 6) is -0.158. The van der Waals surface area contributed by atoms with Crippen molar-refractivity contribution in [2.24, 2.45) is 0 Å². The minimum absolute atomic E-state index is 0.378. The number of hydrogen-bond donors (Lipinski definition) is 0. The molecule has 0 bridgehead atoms. The molecule has 0 radical (unpaired) electrons. The molecule has 1 aromatic carbocycles. The number of benzene rings is 1. The minimum atomic E-state index is -0.422. The van der Waals surface area contributed by atoms with E-state index in [-0.39, 0.29) is 5.82 Å². The van der Waals surface area contributed by atoms with E-state index >= 15 is 0 Å². The van der Waals surface area contributed by atoms with Gasteiger partial charge in [0.05, 0.1) is 0 Å².